The van der Waals surface area contributed by atoms with Gasteiger partial charge < -0.3 is 15.4 Å². The number of thiocarbonyl (C=S) groups is 1. The fourth-order valence-corrected chi connectivity index (χ4v) is 2.37. The number of hydrogen-bond donors (Lipinski definition) is 2. The summed E-state index contributed by atoms with van der Waals surface area (Å²) in [4.78, 5) is 0. The maximum absolute atomic E-state index is 5.29. The van der Waals surface area contributed by atoms with Crippen molar-refractivity contribution < 1.29 is 4.74 Å². The molecule has 0 aliphatic heterocycles. The molecule has 0 amide bonds. The lowest BCUT2D eigenvalue weighted by Gasteiger charge is -2.11. The molecule has 0 saturated heterocycles. The summed E-state index contributed by atoms with van der Waals surface area (Å²) in [6.45, 7) is 0.884. The zero-order valence-electron chi connectivity index (χ0n) is 12.8. The summed E-state index contributed by atoms with van der Waals surface area (Å²) < 4.78 is 5.13. The second-order valence-electron chi connectivity index (χ2n) is 5.05. The first-order valence-electron chi connectivity index (χ1n) is 7.51. The van der Waals surface area contributed by atoms with Gasteiger partial charge in [-0.15, -0.1) is 0 Å². The Morgan fingerprint density at radius 2 is 1.73 bits per heavy atom. The van der Waals surface area contributed by atoms with Crippen molar-refractivity contribution in [1.82, 2.24) is 5.32 Å². The number of ether oxygens (including phenoxy) is 1. The van der Waals surface area contributed by atoms with Crippen molar-refractivity contribution in [2.45, 2.75) is 19.3 Å². The zero-order chi connectivity index (χ0) is 15.6. The lowest BCUT2D eigenvalue weighted by Crippen LogP contribution is -2.29. The highest BCUT2D eigenvalue weighted by molar-refractivity contribution is 7.80. The van der Waals surface area contributed by atoms with Gasteiger partial charge in [0.2, 0.25) is 0 Å². The van der Waals surface area contributed by atoms with Crippen molar-refractivity contribution in [1.29, 1.82) is 0 Å². The number of aryl methyl sites for hydroxylation is 1. The van der Waals surface area contributed by atoms with E-state index in [4.69, 9.17) is 17.0 Å². The third-order valence-electron chi connectivity index (χ3n) is 3.37. The van der Waals surface area contributed by atoms with Gasteiger partial charge in [-0.05, 0) is 61.3 Å². The van der Waals surface area contributed by atoms with E-state index in [0.29, 0.717) is 5.11 Å². The zero-order valence-corrected chi connectivity index (χ0v) is 13.7. The Bertz CT molecular complexity index is 569. The molecule has 0 bridgehead atoms. The van der Waals surface area contributed by atoms with Gasteiger partial charge in [-0.2, -0.15) is 0 Å². The summed E-state index contributed by atoms with van der Waals surface area (Å²) in [5, 5.41) is 7.06. The molecule has 0 saturated carbocycles. The molecule has 0 radical (unpaired) electrons. The Labute approximate surface area is 137 Å². The predicted molar refractivity (Wildman–Crippen MR) is 96.6 cm³/mol. The molecule has 0 aromatic heterocycles. The Morgan fingerprint density at radius 1 is 1.00 bits per heavy atom. The Morgan fingerprint density at radius 3 is 2.41 bits per heavy atom. The average Bonchev–Trinajstić information content (AvgIpc) is 2.56. The van der Waals surface area contributed by atoms with E-state index < -0.39 is 0 Å². The van der Waals surface area contributed by atoms with Gasteiger partial charge in [0.15, 0.2) is 5.11 Å². The van der Waals surface area contributed by atoms with Crippen LogP contribution in [0.2, 0.25) is 0 Å². The van der Waals surface area contributed by atoms with Crippen LogP contribution in [-0.2, 0) is 6.42 Å². The third-order valence-corrected chi connectivity index (χ3v) is 3.61. The van der Waals surface area contributed by atoms with Crippen LogP contribution in [-0.4, -0.2) is 18.8 Å². The van der Waals surface area contributed by atoms with Gasteiger partial charge >= 0.3 is 0 Å². The first-order valence-corrected chi connectivity index (χ1v) is 7.91. The monoisotopic (exact) mass is 314 g/mol. The number of methoxy groups -OCH3 is 1. The smallest absolute Gasteiger partial charge is 0.170 e. The van der Waals surface area contributed by atoms with E-state index in [1.807, 2.05) is 30.3 Å². The van der Waals surface area contributed by atoms with Crippen LogP contribution >= 0.6 is 12.2 Å². The van der Waals surface area contributed by atoms with Crippen LogP contribution in [0.5, 0.6) is 5.75 Å². The fourth-order valence-electron chi connectivity index (χ4n) is 2.15. The molecule has 4 heteroatoms. The maximum Gasteiger partial charge on any atom is 0.170 e. The van der Waals surface area contributed by atoms with Crippen LogP contribution in [0, 0.1) is 0 Å². The summed E-state index contributed by atoms with van der Waals surface area (Å²) in [5.41, 5.74) is 2.35. The van der Waals surface area contributed by atoms with E-state index in [9.17, 15) is 0 Å². The molecular formula is C18H22N2OS. The normalized spacial score (nSPS) is 10.0. The molecule has 0 fully saturated rings. The van der Waals surface area contributed by atoms with Crippen LogP contribution in [0.4, 0.5) is 5.69 Å². The van der Waals surface area contributed by atoms with Crippen molar-refractivity contribution in [3.05, 3.63) is 60.2 Å². The fraction of sp³-hybridized carbons (Fsp3) is 0.278. The van der Waals surface area contributed by atoms with Gasteiger partial charge in [-0.25, -0.2) is 0 Å². The van der Waals surface area contributed by atoms with Crippen LogP contribution in [0.15, 0.2) is 54.6 Å². The Balaban J connectivity index is 1.61. The number of unbranched alkanes of at least 4 members (excludes halogenated alkanes) is 1. The first-order chi connectivity index (χ1) is 10.8. The molecular weight excluding hydrogens is 292 g/mol. The molecule has 0 atom stereocenters. The molecule has 2 N–H and O–H groups in total. The van der Waals surface area contributed by atoms with Crippen molar-refractivity contribution in [3.63, 3.8) is 0 Å². The Hall–Kier alpha value is -2.07. The minimum atomic E-state index is 0.657. The predicted octanol–water partition coefficient (Wildman–Crippen LogP) is 4.00. The van der Waals surface area contributed by atoms with Gasteiger partial charge in [-0.1, -0.05) is 30.3 Å². The van der Waals surface area contributed by atoms with E-state index in [-0.39, 0.29) is 0 Å². The second-order valence-corrected chi connectivity index (χ2v) is 5.46. The van der Waals surface area contributed by atoms with Gasteiger partial charge in [0, 0.05) is 12.2 Å². The highest BCUT2D eigenvalue weighted by atomic mass is 32.1. The van der Waals surface area contributed by atoms with E-state index in [0.717, 1.165) is 37.2 Å². The van der Waals surface area contributed by atoms with Crippen molar-refractivity contribution in [2.24, 2.45) is 0 Å². The van der Waals surface area contributed by atoms with Gasteiger partial charge in [0.25, 0.3) is 0 Å². The van der Waals surface area contributed by atoms with Crippen LogP contribution in [0.25, 0.3) is 0 Å². The topological polar surface area (TPSA) is 33.3 Å². The summed E-state index contributed by atoms with van der Waals surface area (Å²) in [5.74, 6) is 0.838. The molecule has 2 aromatic rings. The minimum absolute atomic E-state index is 0.657. The molecule has 0 aliphatic carbocycles. The summed E-state index contributed by atoms with van der Waals surface area (Å²) in [6, 6.07) is 18.3. The van der Waals surface area contributed by atoms with E-state index in [1.54, 1.807) is 7.11 Å². The number of rotatable bonds is 7. The van der Waals surface area contributed by atoms with Gasteiger partial charge in [-0.3, -0.25) is 0 Å². The lowest BCUT2D eigenvalue weighted by molar-refractivity contribution is 0.415. The lowest BCUT2D eigenvalue weighted by atomic mass is 10.1. The molecule has 116 valence electrons. The van der Waals surface area contributed by atoms with Crippen LogP contribution in [0.1, 0.15) is 18.4 Å². The number of benzene rings is 2. The molecule has 0 unspecified atom stereocenters. The third kappa shape index (κ3) is 5.74. The first kappa shape index (κ1) is 16.3. The molecule has 0 spiro atoms. The Kier molecular flexibility index (Phi) is 6.71. The molecule has 22 heavy (non-hydrogen) atoms. The number of anilines is 1. The molecule has 3 nitrogen and oxygen atoms in total. The van der Waals surface area contributed by atoms with Gasteiger partial charge in [0.1, 0.15) is 5.75 Å². The largest absolute Gasteiger partial charge is 0.497 e. The van der Waals surface area contributed by atoms with Crippen LogP contribution in [0.3, 0.4) is 0 Å². The highest BCUT2D eigenvalue weighted by Crippen LogP contribution is 2.14. The second kappa shape index (κ2) is 9.05. The minimum Gasteiger partial charge on any atom is -0.497 e. The van der Waals surface area contributed by atoms with Crippen LogP contribution < -0.4 is 15.4 Å². The maximum atomic E-state index is 5.29. The quantitative estimate of drug-likeness (QED) is 0.598. The van der Waals surface area contributed by atoms with E-state index >= 15 is 0 Å². The summed E-state index contributed by atoms with van der Waals surface area (Å²) in [6.07, 6.45) is 3.36. The SMILES string of the molecule is COc1ccc(NC(=S)NCCCCc2ccccc2)cc1. The van der Waals surface area contributed by atoms with Crippen molar-refractivity contribution in [3.8, 4) is 5.75 Å². The summed E-state index contributed by atoms with van der Waals surface area (Å²) >= 11 is 5.29. The molecule has 2 aromatic carbocycles. The standard InChI is InChI=1S/C18H22N2OS/c1-21-17-12-10-16(11-13-17)20-18(22)19-14-6-5-9-15-7-3-2-4-8-15/h2-4,7-8,10-13H,5-6,9,14H2,1H3,(H2,19,20,22). The number of nitrogens with one attached hydrogen (secondary N) is 2. The van der Waals surface area contributed by atoms with Crippen molar-refractivity contribution >= 4 is 23.0 Å². The van der Waals surface area contributed by atoms with Crippen molar-refractivity contribution in [2.75, 3.05) is 19.0 Å². The van der Waals surface area contributed by atoms with E-state index in [2.05, 4.69) is 34.9 Å². The van der Waals surface area contributed by atoms with Gasteiger partial charge in [0.05, 0.1) is 7.11 Å². The summed E-state index contributed by atoms with van der Waals surface area (Å²) in [7, 11) is 1.66. The van der Waals surface area contributed by atoms with E-state index in [1.165, 1.54) is 5.56 Å². The number of hydrogen-bond acceptors (Lipinski definition) is 2. The average molecular weight is 314 g/mol. The molecule has 0 heterocycles. The molecule has 0 aliphatic rings. The molecule has 2 rings (SSSR count). The highest BCUT2D eigenvalue weighted by Gasteiger charge is 1.98.